The van der Waals surface area contributed by atoms with E-state index in [1.165, 1.54) is 0 Å². The molecule has 2 aliphatic rings. The van der Waals surface area contributed by atoms with Gasteiger partial charge in [-0.05, 0) is 90.3 Å². The van der Waals surface area contributed by atoms with Crippen molar-refractivity contribution in [2.75, 3.05) is 26.3 Å². The van der Waals surface area contributed by atoms with Crippen LogP contribution in [0.4, 0.5) is 4.39 Å². The number of phenols is 1. The second-order valence-corrected chi connectivity index (χ2v) is 10.3. The highest BCUT2D eigenvalue weighted by atomic mass is 35.5. The Morgan fingerprint density at radius 3 is 2.69 bits per heavy atom. The lowest BCUT2D eigenvalue weighted by Gasteiger charge is -2.18. The van der Waals surface area contributed by atoms with Crippen molar-refractivity contribution >= 4 is 34.3 Å². The normalized spacial score (nSPS) is 18.2. The molecule has 0 saturated carbocycles. The summed E-state index contributed by atoms with van der Waals surface area (Å²) < 4.78 is 18.6. The molecule has 0 radical (unpaired) electrons. The van der Waals surface area contributed by atoms with E-state index in [9.17, 15) is 9.50 Å². The molecule has 3 aromatic rings. The Labute approximate surface area is 221 Å². The van der Waals surface area contributed by atoms with Crippen molar-refractivity contribution in [3.8, 4) is 11.6 Å². The van der Waals surface area contributed by atoms with Crippen molar-refractivity contribution in [2.24, 2.45) is 0 Å². The first kappa shape index (κ1) is 25.1. The number of halogens is 3. The number of allylic oxidation sites excluding steroid dienone is 1. The first-order chi connectivity index (χ1) is 17.5. The Morgan fingerprint density at radius 1 is 1.06 bits per heavy atom. The van der Waals surface area contributed by atoms with Crippen LogP contribution in [-0.2, 0) is 6.42 Å². The fourth-order valence-electron chi connectivity index (χ4n) is 5.26. The maximum atomic E-state index is 12.5. The van der Waals surface area contributed by atoms with Crippen LogP contribution in [0.1, 0.15) is 47.9 Å². The minimum atomic E-state index is -0.285. The molecule has 2 aromatic carbocycles. The molecule has 36 heavy (non-hydrogen) atoms. The maximum Gasteiger partial charge on any atom is 0.213 e. The van der Waals surface area contributed by atoms with Gasteiger partial charge in [0.15, 0.2) is 0 Å². The molecule has 0 bridgehead atoms. The van der Waals surface area contributed by atoms with E-state index >= 15 is 0 Å². The number of phenolic OH excluding ortho intramolecular Hbond substituents is 1. The fraction of sp³-hybridized carbons (Fsp3) is 0.345. The van der Waals surface area contributed by atoms with Gasteiger partial charge in [0.1, 0.15) is 11.9 Å². The van der Waals surface area contributed by atoms with Gasteiger partial charge in [-0.3, -0.25) is 9.29 Å². The average molecular weight is 527 g/mol. The molecule has 2 heterocycles. The molecule has 7 heteroatoms. The summed E-state index contributed by atoms with van der Waals surface area (Å²) in [6, 6.07) is 15.1. The van der Waals surface area contributed by atoms with Gasteiger partial charge >= 0.3 is 0 Å². The second kappa shape index (κ2) is 11.2. The number of pyridine rings is 1. The van der Waals surface area contributed by atoms with Gasteiger partial charge in [0.2, 0.25) is 5.88 Å². The predicted molar refractivity (Wildman–Crippen MR) is 144 cm³/mol. The Bertz CT molecular complexity index is 1260. The SMILES string of the molecule is Oc1ccc2c(c1)CCCC(c1ccc(Cl)cc1Cl)=C2c1ccc(O[C@H]2CCN(CCCF)C2)nc1. The summed E-state index contributed by atoms with van der Waals surface area (Å²) in [6.07, 6.45) is 6.02. The molecule has 1 aromatic heterocycles. The van der Waals surface area contributed by atoms with E-state index in [-0.39, 0.29) is 18.5 Å². The van der Waals surface area contributed by atoms with Crippen molar-refractivity contribution in [1.29, 1.82) is 0 Å². The van der Waals surface area contributed by atoms with Gasteiger partial charge in [-0.15, -0.1) is 0 Å². The number of fused-ring (bicyclic) bond motifs is 1. The summed E-state index contributed by atoms with van der Waals surface area (Å²) in [7, 11) is 0. The highest BCUT2D eigenvalue weighted by molar-refractivity contribution is 6.36. The molecule has 1 saturated heterocycles. The Morgan fingerprint density at radius 2 is 1.92 bits per heavy atom. The van der Waals surface area contributed by atoms with Crippen LogP contribution in [0.3, 0.4) is 0 Å². The van der Waals surface area contributed by atoms with Crippen LogP contribution in [0, 0.1) is 0 Å². The highest BCUT2D eigenvalue weighted by Gasteiger charge is 2.25. The van der Waals surface area contributed by atoms with Gasteiger partial charge in [0.05, 0.1) is 6.67 Å². The van der Waals surface area contributed by atoms with Crippen LogP contribution < -0.4 is 4.74 Å². The van der Waals surface area contributed by atoms with Gasteiger partial charge in [-0.1, -0.05) is 35.3 Å². The Balaban J connectivity index is 1.49. The summed E-state index contributed by atoms with van der Waals surface area (Å²) in [5.74, 6) is 0.849. The zero-order valence-electron chi connectivity index (χ0n) is 20.0. The number of aromatic nitrogens is 1. The number of rotatable bonds is 7. The van der Waals surface area contributed by atoms with Gasteiger partial charge in [-0.2, -0.15) is 0 Å². The Kier molecular flexibility index (Phi) is 7.80. The molecule has 1 fully saturated rings. The van der Waals surface area contributed by atoms with Gasteiger partial charge in [0.25, 0.3) is 0 Å². The van der Waals surface area contributed by atoms with Crippen LogP contribution in [0.2, 0.25) is 10.0 Å². The number of benzene rings is 2. The number of ether oxygens (including phenoxy) is 1. The van der Waals surface area contributed by atoms with Crippen molar-refractivity contribution in [3.05, 3.63) is 87.0 Å². The number of hydrogen-bond donors (Lipinski definition) is 1. The molecule has 188 valence electrons. The zero-order valence-corrected chi connectivity index (χ0v) is 21.5. The summed E-state index contributed by atoms with van der Waals surface area (Å²) in [4.78, 5) is 6.89. The van der Waals surface area contributed by atoms with Crippen molar-refractivity contribution in [3.63, 3.8) is 0 Å². The van der Waals surface area contributed by atoms with E-state index < -0.39 is 0 Å². The number of aromatic hydroxyl groups is 1. The van der Waals surface area contributed by atoms with Crippen LogP contribution in [0.15, 0.2) is 54.7 Å². The maximum absolute atomic E-state index is 12.5. The molecular formula is C29H29Cl2FN2O2. The molecular weight excluding hydrogens is 498 g/mol. The summed E-state index contributed by atoms with van der Waals surface area (Å²) >= 11 is 12.9. The standard InChI is InChI=1S/C29H29Cl2FN2O2/c30-21-6-8-25(27(31)16-21)26-4-1-3-19-15-22(35)7-9-24(19)29(26)20-5-10-28(33-17-20)36-23-11-14-34(18-23)13-2-12-32/h5-10,15-17,23,35H,1-4,11-14,18H2/t23-/m0/s1. The lowest BCUT2D eigenvalue weighted by Crippen LogP contribution is -2.26. The third-order valence-electron chi connectivity index (χ3n) is 6.94. The van der Waals surface area contributed by atoms with E-state index in [0.29, 0.717) is 22.3 Å². The van der Waals surface area contributed by atoms with Gasteiger partial charge < -0.3 is 9.84 Å². The van der Waals surface area contributed by atoms with Crippen molar-refractivity contribution < 1.29 is 14.2 Å². The molecule has 1 aliphatic heterocycles. The van der Waals surface area contributed by atoms with Crippen molar-refractivity contribution in [2.45, 2.75) is 38.2 Å². The monoisotopic (exact) mass is 526 g/mol. The third-order valence-corrected chi connectivity index (χ3v) is 7.49. The number of nitrogens with zero attached hydrogens (tertiary/aromatic N) is 2. The van der Waals surface area contributed by atoms with Crippen LogP contribution in [0.25, 0.3) is 11.1 Å². The largest absolute Gasteiger partial charge is 0.508 e. The molecule has 1 N–H and O–H groups in total. The molecule has 1 aliphatic carbocycles. The third kappa shape index (κ3) is 5.54. The highest BCUT2D eigenvalue weighted by Crippen LogP contribution is 2.42. The topological polar surface area (TPSA) is 45.6 Å². The van der Waals surface area contributed by atoms with E-state index in [1.807, 2.05) is 42.6 Å². The number of aryl methyl sites for hydroxylation is 1. The zero-order chi connectivity index (χ0) is 25.1. The number of likely N-dealkylation sites (tertiary alicyclic amines) is 1. The molecule has 4 nitrogen and oxygen atoms in total. The molecule has 1 atom stereocenters. The minimum absolute atomic E-state index is 0.0622. The fourth-order valence-corrected chi connectivity index (χ4v) is 5.78. The minimum Gasteiger partial charge on any atom is -0.508 e. The van der Waals surface area contributed by atoms with Crippen molar-refractivity contribution in [1.82, 2.24) is 9.88 Å². The smallest absolute Gasteiger partial charge is 0.213 e. The summed E-state index contributed by atoms with van der Waals surface area (Å²) in [5.41, 5.74) is 6.29. The quantitative estimate of drug-likeness (QED) is 0.353. The average Bonchev–Trinajstić information content (AvgIpc) is 3.22. The number of hydrogen-bond acceptors (Lipinski definition) is 4. The summed E-state index contributed by atoms with van der Waals surface area (Å²) in [6.45, 7) is 2.20. The van der Waals surface area contributed by atoms with E-state index in [4.69, 9.17) is 27.9 Å². The molecule has 0 unspecified atom stereocenters. The lowest BCUT2D eigenvalue weighted by molar-refractivity contribution is 0.191. The van der Waals surface area contributed by atoms with Gasteiger partial charge in [-0.25, -0.2) is 4.98 Å². The summed E-state index contributed by atoms with van der Waals surface area (Å²) in [5, 5.41) is 11.3. The first-order valence-electron chi connectivity index (χ1n) is 12.4. The van der Waals surface area contributed by atoms with E-state index in [2.05, 4.69) is 9.88 Å². The van der Waals surface area contributed by atoms with Crippen LogP contribution >= 0.6 is 23.2 Å². The first-order valence-corrected chi connectivity index (χ1v) is 13.2. The lowest BCUT2D eigenvalue weighted by atomic mass is 9.88. The number of alkyl halides is 1. The van der Waals surface area contributed by atoms with E-state index in [1.54, 1.807) is 12.1 Å². The molecule has 5 rings (SSSR count). The van der Waals surface area contributed by atoms with E-state index in [0.717, 1.165) is 78.7 Å². The Hall–Kier alpha value is -2.60. The second-order valence-electron chi connectivity index (χ2n) is 9.43. The van der Waals surface area contributed by atoms with Crippen LogP contribution in [-0.4, -0.2) is 47.4 Å². The van der Waals surface area contributed by atoms with Crippen LogP contribution in [0.5, 0.6) is 11.6 Å². The molecule has 0 amide bonds. The predicted octanol–water partition coefficient (Wildman–Crippen LogP) is 7.20. The van der Waals surface area contributed by atoms with Gasteiger partial charge in [0, 0.05) is 47.5 Å². The molecule has 0 spiro atoms.